The monoisotopic (exact) mass is 292 g/mol. The smallest absolute Gasteiger partial charge is 0.230 e. The number of rotatable bonds is 4. The van der Waals surface area contributed by atoms with Gasteiger partial charge in [-0.25, -0.2) is 0 Å². The first-order valence-corrected chi connectivity index (χ1v) is 7.16. The number of nitrogens with two attached hydrogens (primary N) is 1. The Morgan fingerprint density at radius 2 is 2.20 bits per heavy atom. The molecule has 1 heterocycles. The second-order valence-electron chi connectivity index (χ2n) is 5.34. The summed E-state index contributed by atoms with van der Waals surface area (Å²) in [7, 11) is 0. The number of halogens is 1. The Hall–Kier alpha value is -1.68. The molecule has 1 aromatic carbocycles. The van der Waals surface area contributed by atoms with Crippen LogP contribution in [0.3, 0.4) is 0 Å². The molecule has 0 bridgehead atoms. The lowest BCUT2D eigenvalue weighted by Crippen LogP contribution is -2.19. The molecule has 0 spiro atoms. The average Bonchev–Trinajstić information content (AvgIpc) is 2.75. The average molecular weight is 293 g/mol. The first-order chi connectivity index (χ1) is 9.65. The molecule has 3 rings (SSSR count). The van der Waals surface area contributed by atoms with E-state index in [2.05, 4.69) is 5.16 Å². The van der Waals surface area contributed by atoms with E-state index in [-0.39, 0.29) is 5.88 Å². The summed E-state index contributed by atoms with van der Waals surface area (Å²) in [6.45, 7) is 2.68. The van der Waals surface area contributed by atoms with Crippen LogP contribution in [0.1, 0.15) is 24.8 Å². The molecule has 0 aliphatic heterocycles. The minimum Gasteiger partial charge on any atom is -0.491 e. The van der Waals surface area contributed by atoms with Crippen LogP contribution in [0.5, 0.6) is 5.75 Å². The van der Waals surface area contributed by atoms with Gasteiger partial charge >= 0.3 is 0 Å². The molecule has 1 aromatic heterocycles. The minimum atomic E-state index is 0.278. The lowest BCUT2D eigenvalue weighted by molar-refractivity contribution is 0.181. The van der Waals surface area contributed by atoms with Gasteiger partial charge in [-0.2, -0.15) is 0 Å². The lowest BCUT2D eigenvalue weighted by Gasteiger charge is -2.26. The normalized spacial score (nSPS) is 15.1. The summed E-state index contributed by atoms with van der Waals surface area (Å²) < 4.78 is 10.9. The number of hydrogen-bond donors (Lipinski definition) is 1. The number of ether oxygens (including phenoxy) is 1. The maximum absolute atomic E-state index is 6.33. The zero-order valence-electron chi connectivity index (χ0n) is 11.4. The number of aryl methyl sites for hydroxylation is 1. The molecule has 2 aromatic rings. The minimum absolute atomic E-state index is 0.278. The van der Waals surface area contributed by atoms with Crippen molar-refractivity contribution in [1.82, 2.24) is 5.16 Å². The highest BCUT2D eigenvalue weighted by molar-refractivity contribution is 6.32. The predicted molar refractivity (Wildman–Crippen MR) is 78.9 cm³/mol. The third-order valence-electron chi connectivity index (χ3n) is 3.76. The fraction of sp³-hybridized carbons (Fsp3) is 0.400. The van der Waals surface area contributed by atoms with Crippen molar-refractivity contribution in [2.45, 2.75) is 26.2 Å². The molecule has 5 heteroatoms. The van der Waals surface area contributed by atoms with Crippen molar-refractivity contribution >= 4 is 17.5 Å². The Labute approximate surface area is 122 Å². The molecule has 106 valence electrons. The van der Waals surface area contributed by atoms with Gasteiger partial charge in [0.05, 0.1) is 23.4 Å². The van der Waals surface area contributed by atoms with Crippen LogP contribution in [0.15, 0.2) is 22.9 Å². The summed E-state index contributed by atoms with van der Waals surface area (Å²) in [5, 5.41) is 4.32. The highest BCUT2D eigenvalue weighted by Gasteiger charge is 2.21. The molecule has 20 heavy (non-hydrogen) atoms. The number of nitrogen functional groups attached to an aromatic ring is 1. The Bertz CT molecular complexity index is 620. The van der Waals surface area contributed by atoms with E-state index in [1.807, 2.05) is 19.1 Å². The van der Waals surface area contributed by atoms with Gasteiger partial charge in [-0.3, -0.25) is 0 Å². The van der Waals surface area contributed by atoms with E-state index in [4.69, 9.17) is 26.6 Å². The molecule has 1 aliphatic carbocycles. The van der Waals surface area contributed by atoms with Gasteiger partial charge in [0.2, 0.25) is 5.88 Å². The fourth-order valence-corrected chi connectivity index (χ4v) is 2.72. The largest absolute Gasteiger partial charge is 0.491 e. The SMILES string of the molecule is Cc1cc(Cl)c(OCC2CCC2)c(-c2cnoc2N)c1. The molecular formula is C15H17ClN2O2. The van der Waals surface area contributed by atoms with Crippen molar-refractivity contribution < 1.29 is 9.26 Å². The summed E-state index contributed by atoms with van der Waals surface area (Å²) in [5.41, 5.74) is 8.41. The Morgan fingerprint density at radius 3 is 2.80 bits per heavy atom. The molecular weight excluding hydrogens is 276 g/mol. The van der Waals surface area contributed by atoms with Gasteiger partial charge in [0.1, 0.15) is 5.75 Å². The van der Waals surface area contributed by atoms with E-state index in [0.717, 1.165) is 16.7 Å². The van der Waals surface area contributed by atoms with E-state index >= 15 is 0 Å². The highest BCUT2D eigenvalue weighted by atomic mass is 35.5. The van der Waals surface area contributed by atoms with E-state index in [1.165, 1.54) is 19.3 Å². The third-order valence-corrected chi connectivity index (χ3v) is 4.05. The molecule has 0 radical (unpaired) electrons. The van der Waals surface area contributed by atoms with Gasteiger partial charge in [0.15, 0.2) is 0 Å². The molecule has 2 N–H and O–H groups in total. The molecule has 0 atom stereocenters. The maximum atomic E-state index is 6.33. The standard InChI is InChI=1S/C15H17ClN2O2/c1-9-5-11(12-7-18-20-15(12)17)14(13(16)6-9)19-8-10-3-2-4-10/h5-7,10H,2-4,8,17H2,1H3. The van der Waals surface area contributed by atoms with Crippen LogP contribution in [0.2, 0.25) is 5.02 Å². The second-order valence-corrected chi connectivity index (χ2v) is 5.74. The first kappa shape index (κ1) is 13.3. The first-order valence-electron chi connectivity index (χ1n) is 6.78. The van der Waals surface area contributed by atoms with Crippen molar-refractivity contribution in [2.75, 3.05) is 12.3 Å². The van der Waals surface area contributed by atoms with Gasteiger partial charge < -0.3 is 15.0 Å². The fourth-order valence-electron chi connectivity index (χ4n) is 2.39. The molecule has 4 nitrogen and oxygen atoms in total. The molecule has 1 saturated carbocycles. The summed E-state index contributed by atoms with van der Waals surface area (Å²) in [6.07, 6.45) is 5.35. The predicted octanol–water partition coefficient (Wildman–Crippen LogP) is 4.06. The van der Waals surface area contributed by atoms with Crippen LogP contribution in [-0.4, -0.2) is 11.8 Å². The second kappa shape index (κ2) is 5.37. The number of nitrogens with zero attached hydrogens (tertiary/aromatic N) is 1. The quantitative estimate of drug-likeness (QED) is 0.923. The number of benzene rings is 1. The van der Waals surface area contributed by atoms with Crippen molar-refractivity contribution in [3.8, 4) is 16.9 Å². The van der Waals surface area contributed by atoms with Crippen molar-refractivity contribution in [1.29, 1.82) is 0 Å². The number of aromatic nitrogens is 1. The lowest BCUT2D eigenvalue weighted by atomic mass is 9.86. The van der Waals surface area contributed by atoms with E-state index in [1.54, 1.807) is 6.20 Å². The van der Waals surface area contributed by atoms with E-state index < -0.39 is 0 Å². The van der Waals surface area contributed by atoms with Crippen molar-refractivity contribution in [3.05, 3.63) is 28.9 Å². The van der Waals surface area contributed by atoms with Crippen LogP contribution in [0, 0.1) is 12.8 Å². The van der Waals surface area contributed by atoms with Crippen LogP contribution in [0.25, 0.3) is 11.1 Å². The zero-order valence-corrected chi connectivity index (χ0v) is 12.1. The van der Waals surface area contributed by atoms with Gasteiger partial charge in [0.25, 0.3) is 0 Å². The summed E-state index contributed by atoms with van der Waals surface area (Å²) >= 11 is 6.33. The molecule has 1 aliphatic rings. The zero-order chi connectivity index (χ0) is 14.1. The Morgan fingerprint density at radius 1 is 1.40 bits per heavy atom. The summed E-state index contributed by atoms with van der Waals surface area (Å²) in [5.74, 6) is 1.58. The van der Waals surface area contributed by atoms with E-state index in [0.29, 0.717) is 23.3 Å². The maximum Gasteiger partial charge on any atom is 0.230 e. The number of hydrogen-bond acceptors (Lipinski definition) is 4. The molecule has 1 fully saturated rings. The Kier molecular flexibility index (Phi) is 3.57. The van der Waals surface area contributed by atoms with Gasteiger partial charge in [0, 0.05) is 5.56 Å². The van der Waals surface area contributed by atoms with Gasteiger partial charge in [-0.05, 0) is 43.4 Å². The van der Waals surface area contributed by atoms with Crippen LogP contribution in [0.4, 0.5) is 5.88 Å². The molecule has 0 unspecified atom stereocenters. The van der Waals surface area contributed by atoms with Crippen LogP contribution < -0.4 is 10.5 Å². The van der Waals surface area contributed by atoms with Crippen molar-refractivity contribution in [3.63, 3.8) is 0 Å². The van der Waals surface area contributed by atoms with Gasteiger partial charge in [-0.1, -0.05) is 23.2 Å². The molecule has 0 saturated heterocycles. The van der Waals surface area contributed by atoms with Crippen molar-refractivity contribution in [2.24, 2.45) is 5.92 Å². The topological polar surface area (TPSA) is 61.3 Å². The van der Waals surface area contributed by atoms with E-state index in [9.17, 15) is 0 Å². The summed E-state index contributed by atoms with van der Waals surface area (Å²) in [4.78, 5) is 0. The van der Waals surface area contributed by atoms with Crippen LogP contribution in [-0.2, 0) is 0 Å². The van der Waals surface area contributed by atoms with Gasteiger partial charge in [-0.15, -0.1) is 0 Å². The summed E-state index contributed by atoms with van der Waals surface area (Å²) in [6, 6.07) is 3.88. The highest BCUT2D eigenvalue weighted by Crippen LogP contribution is 2.40. The Balaban J connectivity index is 1.95. The molecule has 0 amide bonds. The van der Waals surface area contributed by atoms with Crippen LogP contribution >= 0.6 is 11.6 Å². The third kappa shape index (κ3) is 2.48. The number of anilines is 1.